The average Bonchev–Trinajstić information content (AvgIpc) is 2.97. The van der Waals surface area contributed by atoms with Gasteiger partial charge < -0.3 is 5.11 Å². The third-order valence-electron chi connectivity index (χ3n) is 10.4. The summed E-state index contributed by atoms with van der Waals surface area (Å²) in [4.78, 5) is 0. The van der Waals surface area contributed by atoms with Gasteiger partial charge in [-0.15, -0.1) is 0 Å². The first-order valence-electron chi connectivity index (χ1n) is 12.1. The van der Waals surface area contributed by atoms with E-state index in [9.17, 15) is 5.11 Å². The standard InChI is InChI=1S/C25H44O/c1-5-6-7-17(2)21-10-11-22-20-9-8-18-16-19(26)12-14-24(18,3)23(20)13-15-25(21,22)4/h17-23,26H,5-16H2,1-4H3/t17-,18+,19+,20?,21?,22?,23?,24+,25-/m1/s1. The summed E-state index contributed by atoms with van der Waals surface area (Å²) < 4.78 is 0. The molecule has 0 amide bonds. The molecule has 0 radical (unpaired) electrons. The average molecular weight is 361 g/mol. The first kappa shape index (κ1) is 19.3. The third kappa shape index (κ3) is 2.90. The summed E-state index contributed by atoms with van der Waals surface area (Å²) in [7, 11) is 0. The minimum absolute atomic E-state index is 0.00578. The lowest BCUT2D eigenvalue weighted by Crippen LogP contribution is -2.54. The van der Waals surface area contributed by atoms with Gasteiger partial charge in [0.25, 0.3) is 0 Å². The molecule has 4 rings (SSSR count). The molecule has 1 nitrogen and oxygen atoms in total. The van der Waals surface area contributed by atoms with Crippen molar-refractivity contribution in [3.05, 3.63) is 0 Å². The molecule has 0 spiro atoms. The van der Waals surface area contributed by atoms with Crippen molar-refractivity contribution < 1.29 is 5.11 Å². The van der Waals surface area contributed by atoms with Crippen LogP contribution >= 0.6 is 0 Å². The molecule has 1 N–H and O–H groups in total. The second-order valence-corrected chi connectivity index (χ2v) is 11.4. The van der Waals surface area contributed by atoms with Gasteiger partial charge >= 0.3 is 0 Å². The van der Waals surface area contributed by atoms with Crippen LogP contribution in [0.25, 0.3) is 0 Å². The highest BCUT2D eigenvalue weighted by Gasteiger charge is 2.60. The van der Waals surface area contributed by atoms with Gasteiger partial charge in [0.05, 0.1) is 6.10 Å². The molecule has 150 valence electrons. The number of aliphatic hydroxyl groups excluding tert-OH is 1. The number of rotatable bonds is 4. The lowest BCUT2D eigenvalue weighted by Gasteiger charge is -2.61. The first-order chi connectivity index (χ1) is 12.4. The molecule has 9 atom stereocenters. The van der Waals surface area contributed by atoms with E-state index in [1.807, 2.05) is 0 Å². The van der Waals surface area contributed by atoms with E-state index in [1.165, 1.54) is 64.2 Å². The predicted molar refractivity (Wildman–Crippen MR) is 110 cm³/mol. The lowest BCUT2D eigenvalue weighted by molar-refractivity contribution is -0.129. The molecule has 1 heteroatoms. The minimum atomic E-state index is -0.00578. The number of fused-ring (bicyclic) bond motifs is 5. The van der Waals surface area contributed by atoms with Crippen LogP contribution in [0.2, 0.25) is 0 Å². The number of unbranched alkanes of at least 4 members (excludes halogenated alkanes) is 1. The van der Waals surface area contributed by atoms with Crippen LogP contribution in [-0.2, 0) is 0 Å². The molecule has 0 heterocycles. The maximum absolute atomic E-state index is 10.2. The molecule has 4 aliphatic carbocycles. The summed E-state index contributed by atoms with van der Waals surface area (Å²) in [5, 5.41) is 10.2. The molecular weight excluding hydrogens is 316 g/mol. The van der Waals surface area contributed by atoms with Gasteiger partial charge in [-0.3, -0.25) is 0 Å². The van der Waals surface area contributed by atoms with Crippen molar-refractivity contribution in [2.45, 2.75) is 111 Å². The molecular formula is C25H44O. The van der Waals surface area contributed by atoms with Crippen LogP contribution in [0.15, 0.2) is 0 Å². The summed E-state index contributed by atoms with van der Waals surface area (Å²) in [5.74, 6) is 5.67. The fourth-order valence-electron chi connectivity index (χ4n) is 8.94. The summed E-state index contributed by atoms with van der Waals surface area (Å²) in [6.45, 7) is 10.2. The fraction of sp³-hybridized carbons (Fsp3) is 1.00. The van der Waals surface area contributed by atoms with Crippen molar-refractivity contribution in [2.24, 2.45) is 46.3 Å². The maximum atomic E-state index is 10.2. The molecule has 0 saturated heterocycles. The van der Waals surface area contributed by atoms with E-state index in [2.05, 4.69) is 27.7 Å². The zero-order valence-electron chi connectivity index (χ0n) is 18.0. The Balaban J connectivity index is 1.52. The van der Waals surface area contributed by atoms with Gasteiger partial charge in [-0.1, -0.05) is 47.0 Å². The van der Waals surface area contributed by atoms with Gasteiger partial charge in [0.1, 0.15) is 0 Å². The first-order valence-corrected chi connectivity index (χ1v) is 12.1. The van der Waals surface area contributed by atoms with Gasteiger partial charge in [0.15, 0.2) is 0 Å². The van der Waals surface area contributed by atoms with Crippen LogP contribution in [0.5, 0.6) is 0 Å². The number of hydrogen-bond donors (Lipinski definition) is 1. The molecule has 0 aromatic rings. The molecule has 4 saturated carbocycles. The van der Waals surface area contributed by atoms with E-state index in [0.717, 1.165) is 48.3 Å². The maximum Gasteiger partial charge on any atom is 0.0543 e. The van der Waals surface area contributed by atoms with E-state index >= 15 is 0 Å². The molecule has 0 aromatic heterocycles. The Hall–Kier alpha value is -0.0400. The van der Waals surface area contributed by atoms with Crippen LogP contribution in [0.1, 0.15) is 105 Å². The lowest BCUT2D eigenvalue weighted by atomic mass is 9.44. The van der Waals surface area contributed by atoms with E-state index in [1.54, 1.807) is 0 Å². The summed E-state index contributed by atoms with van der Waals surface area (Å²) in [6, 6.07) is 0. The third-order valence-corrected chi connectivity index (χ3v) is 10.4. The topological polar surface area (TPSA) is 20.2 Å². The smallest absolute Gasteiger partial charge is 0.0543 e. The second-order valence-electron chi connectivity index (χ2n) is 11.4. The number of hydrogen-bond acceptors (Lipinski definition) is 1. The highest BCUT2D eigenvalue weighted by atomic mass is 16.3. The van der Waals surface area contributed by atoms with Crippen molar-refractivity contribution in [3.63, 3.8) is 0 Å². The highest BCUT2D eigenvalue weighted by Crippen LogP contribution is 2.68. The molecule has 0 aliphatic heterocycles. The van der Waals surface area contributed by atoms with Gasteiger partial charge in [0.2, 0.25) is 0 Å². The molecule has 4 aliphatic rings. The van der Waals surface area contributed by atoms with E-state index < -0.39 is 0 Å². The molecule has 0 aromatic carbocycles. The Morgan fingerprint density at radius 3 is 2.42 bits per heavy atom. The Labute approximate surface area is 162 Å². The van der Waals surface area contributed by atoms with Crippen LogP contribution in [0, 0.1) is 46.3 Å². The van der Waals surface area contributed by atoms with Crippen molar-refractivity contribution in [1.82, 2.24) is 0 Å². The quantitative estimate of drug-likeness (QED) is 0.582. The predicted octanol–water partition coefficient (Wildman–Crippen LogP) is 6.83. The monoisotopic (exact) mass is 360 g/mol. The molecule has 0 bridgehead atoms. The Morgan fingerprint density at radius 1 is 0.923 bits per heavy atom. The Kier molecular flexibility index (Phi) is 5.26. The van der Waals surface area contributed by atoms with Crippen molar-refractivity contribution >= 4 is 0 Å². The Bertz CT molecular complexity index is 500. The summed E-state index contributed by atoms with van der Waals surface area (Å²) in [6.07, 6.45) is 16.5. The van der Waals surface area contributed by atoms with E-state index in [4.69, 9.17) is 0 Å². The molecule has 26 heavy (non-hydrogen) atoms. The fourth-order valence-corrected chi connectivity index (χ4v) is 8.94. The zero-order chi connectivity index (χ0) is 18.5. The van der Waals surface area contributed by atoms with Gasteiger partial charge in [-0.05, 0) is 104 Å². The van der Waals surface area contributed by atoms with Crippen LogP contribution in [0.3, 0.4) is 0 Å². The SMILES string of the molecule is CCCC[C@@H](C)C1CCC2C3CC[C@H]4C[C@@H](O)CC[C@]4(C)C3CC[C@@]21C. The van der Waals surface area contributed by atoms with Crippen LogP contribution in [0.4, 0.5) is 0 Å². The van der Waals surface area contributed by atoms with Crippen molar-refractivity contribution in [2.75, 3.05) is 0 Å². The van der Waals surface area contributed by atoms with Crippen LogP contribution < -0.4 is 0 Å². The van der Waals surface area contributed by atoms with Crippen molar-refractivity contribution in [3.8, 4) is 0 Å². The van der Waals surface area contributed by atoms with Crippen LogP contribution in [-0.4, -0.2) is 11.2 Å². The molecule has 4 fully saturated rings. The largest absolute Gasteiger partial charge is 0.393 e. The number of aliphatic hydroxyl groups is 1. The van der Waals surface area contributed by atoms with E-state index in [0.29, 0.717) is 10.8 Å². The second kappa shape index (κ2) is 7.09. The normalized spacial score (nSPS) is 52.0. The molecule has 4 unspecified atom stereocenters. The highest BCUT2D eigenvalue weighted by molar-refractivity contribution is 5.09. The van der Waals surface area contributed by atoms with Gasteiger partial charge in [-0.25, -0.2) is 0 Å². The summed E-state index contributed by atoms with van der Waals surface area (Å²) >= 11 is 0. The van der Waals surface area contributed by atoms with Crippen molar-refractivity contribution in [1.29, 1.82) is 0 Å². The van der Waals surface area contributed by atoms with Gasteiger partial charge in [-0.2, -0.15) is 0 Å². The summed E-state index contributed by atoms with van der Waals surface area (Å²) in [5.41, 5.74) is 1.17. The zero-order valence-corrected chi connectivity index (χ0v) is 18.0. The minimum Gasteiger partial charge on any atom is -0.393 e. The van der Waals surface area contributed by atoms with Gasteiger partial charge in [0, 0.05) is 0 Å². The van der Waals surface area contributed by atoms with E-state index in [-0.39, 0.29) is 6.10 Å². The Morgan fingerprint density at radius 2 is 1.65 bits per heavy atom.